The van der Waals surface area contributed by atoms with Crippen LogP contribution in [0.3, 0.4) is 0 Å². The molecule has 0 spiro atoms. The summed E-state index contributed by atoms with van der Waals surface area (Å²) in [6.45, 7) is 0. The van der Waals surface area contributed by atoms with Gasteiger partial charge in [-0.15, -0.1) is 0 Å². The molecule has 2 aromatic rings. The number of aromatic nitrogens is 2. The zero-order chi connectivity index (χ0) is 12.3. The maximum Gasteiger partial charge on any atom is 0.178 e. The van der Waals surface area contributed by atoms with E-state index in [9.17, 15) is 0 Å². The van der Waals surface area contributed by atoms with Crippen LogP contribution in [-0.4, -0.2) is 9.55 Å². The average molecular weight is 323 g/mol. The first-order valence-electron chi connectivity index (χ1n) is 6.62. The van der Waals surface area contributed by atoms with Crippen molar-refractivity contribution in [3.8, 4) is 0 Å². The summed E-state index contributed by atoms with van der Waals surface area (Å²) in [5.41, 5.74) is 2.41. The van der Waals surface area contributed by atoms with E-state index in [1.807, 2.05) is 0 Å². The number of nitrogens with one attached hydrogen (secondary N) is 1. The van der Waals surface area contributed by atoms with Crippen LogP contribution in [-0.2, 0) is 0 Å². The molecule has 1 N–H and O–H groups in total. The van der Waals surface area contributed by atoms with Crippen molar-refractivity contribution in [1.82, 2.24) is 9.55 Å². The van der Waals surface area contributed by atoms with E-state index in [1.54, 1.807) is 0 Å². The van der Waals surface area contributed by atoms with Gasteiger partial charge in [-0.25, -0.2) is 0 Å². The minimum atomic E-state index is 0.631. The summed E-state index contributed by atoms with van der Waals surface area (Å²) in [6.07, 6.45) is 5.56. The number of hydrogen-bond donors (Lipinski definition) is 1. The largest absolute Gasteiger partial charge is 0.331 e. The molecule has 0 amide bonds. The molecule has 2 saturated carbocycles. The van der Waals surface area contributed by atoms with Gasteiger partial charge in [0.2, 0.25) is 0 Å². The first kappa shape index (κ1) is 11.2. The fraction of sp³-hybridized carbons (Fsp3) is 0.500. The molecule has 0 saturated heterocycles. The van der Waals surface area contributed by atoms with Crippen LogP contribution in [0.1, 0.15) is 31.7 Å². The first-order valence-corrected chi connectivity index (χ1v) is 7.82. The molecule has 3 unspecified atom stereocenters. The lowest BCUT2D eigenvalue weighted by Gasteiger charge is -2.23. The Morgan fingerprint density at radius 2 is 2.17 bits per heavy atom. The SMILES string of the molecule is S=c1[nH]c2cc(Br)ccc2n1C1CC2CCC1C2. The van der Waals surface area contributed by atoms with Gasteiger partial charge in [0.05, 0.1) is 11.0 Å². The van der Waals surface area contributed by atoms with Gasteiger partial charge in [-0.2, -0.15) is 0 Å². The molecule has 1 heterocycles. The Balaban J connectivity index is 1.90. The second-order valence-electron chi connectivity index (χ2n) is 5.70. The number of rotatable bonds is 1. The maximum absolute atomic E-state index is 5.54. The maximum atomic E-state index is 5.54. The molecule has 0 radical (unpaired) electrons. The van der Waals surface area contributed by atoms with Crippen LogP contribution in [0.4, 0.5) is 0 Å². The predicted octanol–water partition coefficient (Wildman–Crippen LogP) is 4.82. The molecule has 18 heavy (non-hydrogen) atoms. The Hall–Kier alpha value is -0.610. The van der Waals surface area contributed by atoms with Gasteiger partial charge in [-0.1, -0.05) is 22.4 Å². The van der Waals surface area contributed by atoms with Crippen molar-refractivity contribution < 1.29 is 0 Å². The highest BCUT2D eigenvalue weighted by Gasteiger charge is 2.41. The molecule has 4 heteroatoms. The van der Waals surface area contributed by atoms with Crippen LogP contribution in [0.5, 0.6) is 0 Å². The molecular formula is C14H15BrN2S. The van der Waals surface area contributed by atoms with Gasteiger partial charge in [0.15, 0.2) is 4.77 Å². The summed E-state index contributed by atoms with van der Waals surface area (Å²) in [4.78, 5) is 3.35. The van der Waals surface area contributed by atoms with E-state index >= 15 is 0 Å². The van der Waals surface area contributed by atoms with E-state index < -0.39 is 0 Å². The zero-order valence-corrected chi connectivity index (χ0v) is 12.4. The molecule has 2 fully saturated rings. The van der Waals surface area contributed by atoms with Gasteiger partial charge in [-0.05, 0) is 61.5 Å². The fourth-order valence-electron chi connectivity index (χ4n) is 3.96. The van der Waals surface area contributed by atoms with Gasteiger partial charge < -0.3 is 9.55 Å². The van der Waals surface area contributed by atoms with Crippen LogP contribution in [0.15, 0.2) is 22.7 Å². The Bertz CT molecular complexity index is 672. The number of H-pyrrole nitrogens is 1. The highest BCUT2D eigenvalue weighted by Crippen LogP contribution is 2.51. The average Bonchev–Trinajstić information content (AvgIpc) is 3.00. The Labute approximate surface area is 120 Å². The summed E-state index contributed by atoms with van der Waals surface area (Å²) < 4.78 is 4.37. The number of benzene rings is 1. The Morgan fingerprint density at radius 1 is 1.28 bits per heavy atom. The Morgan fingerprint density at radius 3 is 2.89 bits per heavy atom. The van der Waals surface area contributed by atoms with E-state index in [1.165, 1.54) is 31.2 Å². The van der Waals surface area contributed by atoms with Crippen LogP contribution < -0.4 is 0 Å². The predicted molar refractivity (Wildman–Crippen MR) is 79.3 cm³/mol. The van der Waals surface area contributed by atoms with Crippen LogP contribution in [0.2, 0.25) is 0 Å². The van der Waals surface area contributed by atoms with Gasteiger partial charge in [0.1, 0.15) is 0 Å². The number of fused-ring (bicyclic) bond motifs is 3. The Kier molecular flexibility index (Phi) is 2.46. The fourth-order valence-corrected chi connectivity index (χ4v) is 4.66. The molecule has 4 rings (SSSR count). The quantitative estimate of drug-likeness (QED) is 0.746. The molecular weight excluding hydrogens is 308 g/mol. The molecule has 94 valence electrons. The highest BCUT2D eigenvalue weighted by molar-refractivity contribution is 9.10. The van der Waals surface area contributed by atoms with Crippen molar-refractivity contribution in [2.24, 2.45) is 11.8 Å². The molecule has 1 aromatic carbocycles. The van der Waals surface area contributed by atoms with Crippen LogP contribution >= 0.6 is 28.1 Å². The van der Waals surface area contributed by atoms with Crippen LogP contribution in [0, 0.1) is 16.6 Å². The summed E-state index contributed by atoms with van der Waals surface area (Å²) in [7, 11) is 0. The smallest absolute Gasteiger partial charge is 0.178 e. The lowest BCUT2D eigenvalue weighted by Crippen LogP contribution is -2.16. The number of imidazole rings is 1. The topological polar surface area (TPSA) is 20.7 Å². The van der Waals surface area contributed by atoms with E-state index in [-0.39, 0.29) is 0 Å². The van der Waals surface area contributed by atoms with E-state index in [0.29, 0.717) is 6.04 Å². The monoisotopic (exact) mass is 322 g/mol. The van der Waals surface area contributed by atoms with E-state index in [4.69, 9.17) is 12.2 Å². The third-order valence-corrected chi connectivity index (χ3v) is 5.50. The van der Waals surface area contributed by atoms with Gasteiger partial charge in [-0.3, -0.25) is 0 Å². The van der Waals surface area contributed by atoms with Crippen molar-refractivity contribution in [3.63, 3.8) is 0 Å². The van der Waals surface area contributed by atoms with Crippen molar-refractivity contribution >= 4 is 39.2 Å². The highest BCUT2D eigenvalue weighted by atomic mass is 79.9. The van der Waals surface area contributed by atoms with Crippen molar-refractivity contribution in [1.29, 1.82) is 0 Å². The number of hydrogen-bond acceptors (Lipinski definition) is 1. The molecule has 2 nitrogen and oxygen atoms in total. The summed E-state index contributed by atoms with van der Waals surface area (Å²) in [6, 6.07) is 7.03. The molecule has 1 aromatic heterocycles. The third kappa shape index (κ3) is 1.55. The lowest BCUT2D eigenvalue weighted by molar-refractivity contribution is 0.333. The lowest BCUT2D eigenvalue weighted by atomic mass is 9.95. The van der Waals surface area contributed by atoms with E-state index in [2.05, 4.69) is 43.7 Å². The van der Waals surface area contributed by atoms with Crippen LogP contribution in [0.25, 0.3) is 11.0 Å². The number of halogens is 1. The first-order chi connectivity index (χ1) is 8.72. The molecule has 2 aliphatic carbocycles. The number of nitrogens with zero attached hydrogens (tertiary/aromatic N) is 1. The number of aromatic amines is 1. The van der Waals surface area contributed by atoms with Crippen molar-refractivity contribution in [2.45, 2.75) is 31.7 Å². The normalized spacial score (nSPS) is 30.4. The summed E-state index contributed by atoms with van der Waals surface area (Å²) in [5, 5.41) is 0. The van der Waals surface area contributed by atoms with E-state index in [0.717, 1.165) is 26.6 Å². The molecule has 2 bridgehead atoms. The van der Waals surface area contributed by atoms with Gasteiger partial charge in [0.25, 0.3) is 0 Å². The van der Waals surface area contributed by atoms with Crippen molar-refractivity contribution in [3.05, 3.63) is 27.4 Å². The summed E-state index contributed by atoms with van der Waals surface area (Å²) >= 11 is 9.06. The molecule has 0 aliphatic heterocycles. The standard InChI is InChI=1S/C14H15BrN2S/c15-10-3-4-12-11(7-10)16-14(18)17(12)13-6-8-1-2-9(13)5-8/h3-4,7-9,13H,1-2,5-6H2,(H,16,18). The second kappa shape index (κ2) is 3.94. The second-order valence-corrected chi connectivity index (χ2v) is 7.01. The third-order valence-electron chi connectivity index (χ3n) is 4.71. The molecule has 3 atom stereocenters. The minimum absolute atomic E-state index is 0.631. The zero-order valence-electron chi connectivity index (χ0n) is 10.0. The minimum Gasteiger partial charge on any atom is -0.331 e. The molecule has 2 aliphatic rings. The van der Waals surface area contributed by atoms with Gasteiger partial charge >= 0.3 is 0 Å². The van der Waals surface area contributed by atoms with Crippen molar-refractivity contribution in [2.75, 3.05) is 0 Å². The van der Waals surface area contributed by atoms with Gasteiger partial charge in [0, 0.05) is 10.5 Å². The summed E-state index contributed by atoms with van der Waals surface area (Å²) in [5.74, 6) is 1.80.